The molecule has 1 fully saturated rings. The lowest BCUT2D eigenvalue weighted by Crippen LogP contribution is -2.20. The molecule has 0 heterocycles. The molecular weight excluding hydrogens is 237 g/mol. The predicted molar refractivity (Wildman–Crippen MR) is 69.5 cm³/mol. The van der Waals surface area contributed by atoms with Gasteiger partial charge >= 0.3 is 0 Å². The van der Waals surface area contributed by atoms with Crippen molar-refractivity contribution < 1.29 is 4.39 Å². The van der Waals surface area contributed by atoms with Gasteiger partial charge in [-0.1, -0.05) is 37.4 Å². The summed E-state index contributed by atoms with van der Waals surface area (Å²) in [6.45, 7) is 2.21. The quantitative estimate of drug-likeness (QED) is 0.856. The van der Waals surface area contributed by atoms with E-state index in [0.717, 1.165) is 18.8 Å². The molecule has 1 nitrogen and oxygen atoms in total. The first-order chi connectivity index (χ1) is 8.11. The standard InChI is InChI=1S/C14H19ClFN/c1-2-9-3-4-10(7-9)14(17)12-6-5-11(15)8-13(12)16/h5-6,8-10,14H,2-4,7,17H2,1H3. The van der Waals surface area contributed by atoms with Crippen LogP contribution < -0.4 is 5.73 Å². The molecule has 0 bridgehead atoms. The number of benzene rings is 1. The van der Waals surface area contributed by atoms with Gasteiger partial charge in [0.25, 0.3) is 0 Å². The molecule has 3 heteroatoms. The summed E-state index contributed by atoms with van der Waals surface area (Å²) in [7, 11) is 0. The Labute approximate surface area is 107 Å². The van der Waals surface area contributed by atoms with Gasteiger partial charge in [-0.2, -0.15) is 0 Å². The van der Waals surface area contributed by atoms with Crippen LogP contribution in [0.25, 0.3) is 0 Å². The smallest absolute Gasteiger partial charge is 0.129 e. The van der Waals surface area contributed by atoms with Gasteiger partial charge in [0.1, 0.15) is 5.82 Å². The van der Waals surface area contributed by atoms with Crippen molar-refractivity contribution in [2.75, 3.05) is 0 Å². The summed E-state index contributed by atoms with van der Waals surface area (Å²) in [5, 5.41) is 0.427. The van der Waals surface area contributed by atoms with Crippen LogP contribution in [0.4, 0.5) is 4.39 Å². The molecular formula is C14H19ClFN. The molecule has 2 N–H and O–H groups in total. The van der Waals surface area contributed by atoms with E-state index in [0.29, 0.717) is 16.5 Å². The van der Waals surface area contributed by atoms with Crippen LogP contribution in [0.5, 0.6) is 0 Å². The van der Waals surface area contributed by atoms with Crippen LogP contribution in [0.15, 0.2) is 18.2 Å². The molecule has 1 aromatic rings. The number of halogens is 2. The van der Waals surface area contributed by atoms with E-state index in [-0.39, 0.29) is 11.9 Å². The lowest BCUT2D eigenvalue weighted by molar-refractivity contribution is 0.405. The molecule has 0 aliphatic heterocycles. The topological polar surface area (TPSA) is 26.0 Å². The zero-order valence-electron chi connectivity index (χ0n) is 10.1. The van der Waals surface area contributed by atoms with Gasteiger partial charge in [-0.3, -0.25) is 0 Å². The molecule has 1 aliphatic rings. The van der Waals surface area contributed by atoms with Crippen molar-refractivity contribution in [2.24, 2.45) is 17.6 Å². The summed E-state index contributed by atoms with van der Waals surface area (Å²) >= 11 is 5.75. The van der Waals surface area contributed by atoms with E-state index in [1.165, 1.54) is 18.9 Å². The van der Waals surface area contributed by atoms with Crippen molar-refractivity contribution in [1.29, 1.82) is 0 Å². The average Bonchev–Trinajstić information content (AvgIpc) is 2.76. The van der Waals surface area contributed by atoms with Crippen molar-refractivity contribution in [3.05, 3.63) is 34.6 Å². The van der Waals surface area contributed by atoms with Gasteiger partial charge in [-0.25, -0.2) is 4.39 Å². The zero-order chi connectivity index (χ0) is 12.4. The van der Waals surface area contributed by atoms with Crippen molar-refractivity contribution in [3.8, 4) is 0 Å². The van der Waals surface area contributed by atoms with Gasteiger partial charge in [-0.15, -0.1) is 0 Å². The Hall–Kier alpha value is -0.600. The van der Waals surface area contributed by atoms with Gasteiger partial charge in [0.05, 0.1) is 0 Å². The largest absolute Gasteiger partial charge is 0.324 e. The number of nitrogens with two attached hydrogens (primary N) is 1. The number of rotatable bonds is 3. The van der Waals surface area contributed by atoms with Crippen molar-refractivity contribution in [1.82, 2.24) is 0 Å². The summed E-state index contributed by atoms with van der Waals surface area (Å²) in [5.74, 6) is 0.905. The molecule has 0 spiro atoms. The minimum absolute atomic E-state index is 0.191. The summed E-state index contributed by atoms with van der Waals surface area (Å²) < 4.78 is 13.8. The fraction of sp³-hybridized carbons (Fsp3) is 0.571. The molecule has 2 rings (SSSR count). The van der Waals surface area contributed by atoms with E-state index in [9.17, 15) is 4.39 Å². The van der Waals surface area contributed by atoms with Gasteiger partial charge in [0.15, 0.2) is 0 Å². The SMILES string of the molecule is CCC1CCC(C(N)c2ccc(Cl)cc2F)C1. The van der Waals surface area contributed by atoms with Crippen LogP contribution in [-0.2, 0) is 0 Å². The lowest BCUT2D eigenvalue weighted by Gasteiger charge is -2.20. The van der Waals surface area contributed by atoms with Crippen molar-refractivity contribution in [2.45, 2.75) is 38.6 Å². The summed E-state index contributed by atoms with van der Waals surface area (Å²) in [5.41, 5.74) is 6.79. The molecule has 94 valence electrons. The van der Waals surface area contributed by atoms with Crippen molar-refractivity contribution >= 4 is 11.6 Å². The second kappa shape index (κ2) is 5.36. The highest BCUT2D eigenvalue weighted by Crippen LogP contribution is 2.39. The van der Waals surface area contributed by atoms with Crippen LogP contribution >= 0.6 is 11.6 Å². The van der Waals surface area contributed by atoms with E-state index in [2.05, 4.69) is 6.92 Å². The second-order valence-electron chi connectivity index (χ2n) is 5.04. The third-order valence-electron chi connectivity index (χ3n) is 3.99. The maximum Gasteiger partial charge on any atom is 0.129 e. The molecule has 3 unspecified atom stereocenters. The van der Waals surface area contributed by atoms with Gasteiger partial charge in [-0.05, 0) is 36.8 Å². The maximum atomic E-state index is 13.8. The minimum atomic E-state index is -0.273. The monoisotopic (exact) mass is 255 g/mol. The maximum absolute atomic E-state index is 13.8. The highest BCUT2D eigenvalue weighted by Gasteiger charge is 2.29. The Bertz CT molecular complexity index is 394. The van der Waals surface area contributed by atoms with Gasteiger partial charge in [0.2, 0.25) is 0 Å². The first kappa shape index (κ1) is 12.8. The van der Waals surface area contributed by atoms with Gasteiger partial charge in [0, 0.05) is 16.6 Å². The van der Waals surface area contributed by atoms with E-state index in [1.807, 2.05) is 0 Å². The van der Waals surface area contributed by atoms with Crippen LogP contribution in [0.3, 0.4) is 0 Å². The fourth-order valence-electron chi connectivity index (χ4n) is 2.84. The molecule has 1 saturated carbocycles. The predicted octanol–water partition coefficient (Wildman–Crippen LogP) is 4.31. The highest BCUT2D eigenvalue weighted by atomic mass is 35.5. The van der Waals surface area contributed by atoms with E-state index in [4.69, 9.17) is 17.3 Å². The van der Waals surface area contributed by atoms with Crippen LogP contribution in [0.1, 0.15) is 44.2 Å². The zero-order valence-corrected chi connectivity index (χ0v) is 10.9. The normalized spacial score (nSPS) is 26.1. The van der Waals surface area contributed by atoms with E-state index in [1.54, 1.807) is 12.1 Å². The Morgan fingerprint density at radius 1 is 1.47 bits per heavy atom. The summed E-state index contributed by atoms with van der Waals surface area (Å²) in [6.07, 6.45) is 4.66. The number of hydrogen-bond acceptors (Lipinski definition) is 1. The van der Waals surface area contributed by atoms with Crippen LogP contribution in [-0.4, -0.2) is 0 Å². The van der Waals surface area contributed by atoms with Crippen LogP contribution in [0.2, 0.25) is 5.02 Å². The molecule has 3 atom stereocenters. The number of hydrogen-bond donors (Lipinski definition) is 1. The molecule has 1 aliphatic carbocycles. The Balaban J connectivity index is 2.12. The fourth-order valence-corrected chi connectivity index (χ4v) is 3.00. The average molecular weight is 256 g/mol. The Morgan fingerprint density at radius 2 is 2.24 bits per heavy atom. The molecule has 17 heavy (non-hydrogen) atoms. The third-order valence-corrected chi connectivity index (χ3v) is 4.22. The lowest BCUT2D eigenvalue weighted by atomic mass is 9.91. The molecule has 0 saturated heterocycles. The molecule has 0 amide bonds. The molecule has 1 aromatic carbocycles. The van der Waals surface area contributed by atoms with E-state index >= 15 is 0 Å². The first-order valence-corrected chi connectivity index (χ1v) is 6.70. The summed E-state index contributed by atoms with van der Waals surface area (Å²) in [4.78, 5) is 0. The van der Waals surface area contributed by atoms with E-state index < -0.39 is 0 Å². The van der Waals surface area contributed by atoms with Crippen molar-refractivity contribution in [3.63, 3.8) is 0 Å². The van der Waals surface area contributed by atoms with Gasteiger partial charge < -0.3 is 5.73 Å². The second-order valence-corrected chi connectivity index (χ2v) is 5.48. The first-order valence-electron chi connectivity index (χ1n) is 6.32. The molecule has 0 radical (unpaired) electrons. The Kier molecular flexibility index (Phi) is 4.05. The third kappa shape index (κ3) is 2.80. The molecule has 0 aromatic heterocycles. The summed E-state index contributed by atoms with van der Waals surface area (Å²) in [6, 6.07) is 4.60. The van der Waals surface area contributed by atoms with Crippen LogP contribution in [0, 0.1) is 17.7 Å². The Morgan fingerprint density at radius 3 is 2.82 bits per heavy atom. The minimum Gasteiger partial charge on any atom is -0.324 e. The highest BCUT2D eigenvalue weighted by molar-refractivity contribution is 6.30.